The summed E-state index contributed by atoms with van der Waals surface area (Å²) in [6, 6.07) is 7.87. The second kappa shape index (κ2) is 8.34. The lowest BCUT2D eigenvalue weighted by Gasteiger charge is -2.29. The normalized spacial score (nSPS) is 22.2. The maximum Gasteiger partial charge on any atom is 0.322 e. The van der Waals surface area contributed by atoms with Crippen molar-refractivity contribution in [1.82, 2.24) is 15.1 Å². The highest BCUT2D eigenvalue weighted by atomic mass is 16.2. The summed E-state index contributed by atoms with van der Waals surface area (Å²) < 4.78 is 0. The average molecular weight is 344 g/mol. The van der Waals surface area contributed by atoms with E-state index in [-0.39, 0.29) is 18.0 Å². The SMILES string of the molecule is C[C@@H]1CNC(=O)CCN1C(=O)Nc1ccccc1CN1CCCCC1. The first kappa shape index (κ1) is 17.7. The number of hydrogen-bond acceptors (Lipinski definition) is 3. The van der Waals surface area contributed by atoms with Gasteiger partial charge in [0.15, 0.2) is 0 Å². The highest BCUT2D eigenvalue weighted by Crippen LogP contribution is 2.20. The molecule has 0 radical (unpaired) electrons. The number of benzene rings is 1. The number of para-hydroxylation sites is 1. The minimum Gasteiger partial charge on any atom is -0.354 e. The van der Waals surface area contributed by atoms with Gasteiger partial charge in [-0.3, -0.25) is 9.69 Å². The molecule has 2 aliphatic rings. The standard InChI is InChI=1S/C19H28N4O2/c1-15-13-20-18(24)9-12-23(15)19(25)21-17-8-4-3-7-16(17)14-22-10-5-2-6-11-22/h3-4,7-8,15H,2,5-6,9-14H2,1H3,(H,20,24)(H,21,25)/t15-/m1/s1. The first-order valence-corrected chi connectivity index (χ1v) is 9.28. The smallest absolute Gasteiger partial charge is 0.322 e. The zero-order valence-electron chi connectivity index (χ0n) is 15.0. The maximum atomic E-state index is 12.7. The first-order valence-electron chi connectivity index (χ1n) is 9.28. The number of urea groups is 1. The summed E-state index contributed by atoms with van der Waals surface area (Å²) >= 11 is 0. The van der Waals surface area contributed by atoms with Gasteiger partial charge in [0.2, 0.25) is 5.91 Å². The van der Waals surface area contributed by atoms with Crippen LogP contribution in [0, 0.1) is 0 Å². The second-order valence-electron chi connectivity index (χ2n) is 7.02. The molecule has 0 saturated carbocycles. The van der Waals surface area contributed by atoms with Crippen LogP contribution >= 0.6 is 0 Å². The molecule has 6 heteroatoms. The van der Waals surface area contributed by atoms with Gasteiger partial charge in [-0.25, -0.2) is 4.79 Å². The van der Waals surface area contributed by atoms with E-state index < -0.39 is 0 Å². The Hall–Kier alpha value is -2.08. The van der Waals surface area contributed by atoms with Gasteiger partial charge in [0, 0.05) is 37.8 Å². The van der Waals surface area contributed by atoms with Crippen molar-refractivity contribution in [3.05, 3.63) is 29.8 Å². The summed E-state index contributed by atoms with van der Waals surface area (Å²) in [5.74, 6) is 0.00708. The van der Waals surface area contributed by atoms with Crippen LogP contribution in [0.25, 0.3) is 0 Å². The molecular formula is C19H28N4O2. The second-order valence-corrected chi connectivity index (χ2v) is 7.02. The lowest BCUT2D eigenvalue weighted by atomic mass is 10.1. The molecule has 1 aromatic carbocycles. The van der Waals surface area contributed by atoms with Crippen molar-refractivity contribution in [2.24, 2.45) is 0 Å². The van der Waals surface area contributed by atoms with Crippen LogP contribution in [-0.2, 0) is 11.3 Å². The molecule has 0 aromatic heterocycles. The fourth-order valence-electron chi connectivity index (χ4n) is 3.53. The highest BCUT2D eigenvalue weighted by Gasteiger charge is 2.25. The Morgan fingerprint density at radius 1 is 1.20 bits per heavy atom. The Balaban J connectivity index is 1.67. The van der Waals surface area contributed by atoms with Crippen LogP contribution in [0.2, 0.25) is 0 Å². The minimum absolute atomic E-state index is 0.00708. The molecule has 0 aliphatic carbocycles. The average Bonchev–Trinajstić information content (AvgIpc) is 2.79. The number of piperidine rings is 1. The Morgan fingerprint density at radius 3 is 2.76 bits per heavy atom. The lowest BCUT2D eigenvalue weighted by Crippen LogP contribution is -2.44. The van der Waals surface area contributed by atoms with Crippen LogP contribution < -0.4 is 10.6 Å². The predicted molar refractivity (Wildman–Crippen MR) is 98.4 cm³/mol. The molecule has 136 valence electrons. The molecule has 2 saturated heterocycles. The molecule has 2 N–H and O–H groups in total. The largest absolute Gasteiger partial charge is 0.354 e. The molecule has 2 aliphatic heterocycles. The topological polar surface area (TPSA) is 64.7 Å². The fourth-order valence-corrected chi connectivity index (χ4v) is 3.53. The van der Waals surface area contributed by atoms with E-state index >= 15 is 0 Å². The molecule has 1 aromatic rings. The van der Waals surface area contributed by atoms with Crippen LogP contribution in [-0.4, -0.2) is 54.0 Å². The number of nitrogens with one attached hydrogen (secondary N) is 2. The Kier molecular flexibility index (Phi) is 5.91. The monoisotopic (exact) mass is 344 g/mol. The molecule has 2 heterocycles. The summed E-state index contributed by atoms with van der Waals surface area (Å²) in [4.78, 5) is 28.5. The fraction of sp³-hybridized carbons (Fsp3) is 0.579. The molecule has 3 rings (SSSR count). The van der Waals surface area contributed by atoms with Gasteiger partial charge in [-0.05, 0) is 44.5 Å². The number of likely N-dealkylation sites (tertiary alicyclic amines) is 1. The van der Waals surface area contributed by atoms with Gasteiger partial charge < -0.3 is 15.5 Å². The highest BCUT2D eigenvalue weighted by molar-refractivity contribution is 5.91. The molecule has 0 bridgehead atoms. The zero-order valence-corrected chi connectivity index (χ0v) is 15.0. The molecular weight excluding hydrogens is 316 g/mol. The lowest BCUT2D eigenvalue weighted by molar-refractivity contribution is -0.120. The summed E-state index contributed by atoms with van der Waals surface area (Å²) in [5, 5.41) is 5.91. The van der Waals surface area contributed by atoms with E-state index in [4.69, 9.17) is 0 Å². The first-order chi connectivity index (χ1) is 12.1. The van der Waals surface area contributed by atoms with E-state index in [1.807, 2.05) is 25.1 Å². The molecule has 1 atom stereocenters. The van der Waals surface area contributed by atoms with Gasteiger partial charge >= 0.3 is 6.03 Å². The Labute approximate surface area is 149 Å². The van der Waals surface area contributed by atoms with Crippen LogP contribution in [0.15, 0.2) is 24.3 Å². The summed E-state index contributed by atoms with van der Waals surface area (Å²) in [7, 11) is 0. The van der Waals surface area contributed by atoms with Crippen molar-refractivity contribution in [2.75, 3.05) is 31.5 Å². The number of carbonyl (C=O) groups excluding carboxylic acids is 2. The van der Waals surface area contributed by atoms with Gasteiger partial charge in [0.05, 0.1) is 0 Å². The molecule has 3 amide bonds. The van der Waals surface area contributed by atoms with Gasteiger partial charge in [0.25, 0.3) is 0 Å². The number of anilines is 1. The van der Waals surface area contributed by atoms with E-state index in [1.165, 1.54) is 19.3 Å². The third-order valence-corrected chi connectivity index (χ3v) is 5.07. The van der Waals surface area contributed by atoms with Gasteiger partial charge in [-0.2, -0.15) is 0 Å². The minimum atomic E-state index is -0.130. The molecule has 0 spiro atoms. The molecule has 2 fully saturated rings. The van der Waals surface area contributed by atoms with Crippen molar-refractivity contribution in [3.8, 4) is 0 Å². The number of nitrogens with zero attached hydrogens (tertiary/aromatic N) is 2. The van der Waals surface area contributed by atoms with Crippen LogP contribution in [0.3, 0.4) is 0 Å². The third kappa shape index (κ3) is 4.72. The van der Waals surface area contributed by atoms with Crippen molar-refractivity contribution in [1.29, 1.82) is 0 Å². The zero-order chi connectivity index (χ0) is 17.6. The van der Waals surface area contributed by atoms with Crippen LogP contribution in [0.4, 0.5) is 10.5 Å². The molecule has 25 heavy (non-hydrogen) atoms. The maximum absolute atomic E-state index is 12.7. The molecule has 6 nitrogen and oxygen atoms in total. The van der Waals surface area contributed by atoms with Gasteiger partial charge in [-0.15, -0.1) is 0 Å². The number of hydrogen-bond donors (Lipinski definition) is 2. The van der Waals surface area contributed by atoms with Gasteiger partial charge in [-0.1, -0.05) is 24.6 Å². The number of amides is 3. The number of rotatable bonds is 3. The Bertz CT molecular complexity index is 613. The quantitative estimate of drug-likeness (QED) is 0.885. The van der Waals surface area contributed by atoms with Crippen molar-refractivity contribution < 1.29 is 9.59 Å². The Morgan fingerprint density at radius 2 is 1.96 bits per heavy atom. The van der Waals surface area contributed by atoms with Crippen molar-refractivity contribution in [3.63, 3.8) is 0 Å². The summed E-state index contributed by atoms with van der Waals surface area (Å²) in [6.45, 7) is 6.03. The number of carbonyl (C=O) groups is 2. The van der Waals surface area contributed by atoms with E-state index in [1.54, 1.807) is 4.90 Å². The molecule has 0 unspecified atom stereocenters. The van der Waals surface area contributed by atoms with Crippen LogP contribution in [0.1, 0.15) is 38.2 Å². The third-order valence-electron chi connectivity index (χ3n) is 5.07. The van der Waals surface area contributed by atoms with Gasteiger partial charge in [0.1, 0.15) is 0 Å². The summed E-state index contributed by atoms with van der Waals surface area (Å²) in [5.41, 5.74) is 2.02. The van der Waals surface area contributed by atoms with Crippen molar-refractivity contribution in [2.45, 2.75) is 45.2 Å². The van der Waals surface area contributed by atoms with E-state index in [0.29, 0.717) is 19.5 Å². The van der Waals surface area contributed by atoms with Crippen molar-refractivity contribution >= 4 is 17.6 Å². The summed E-state index contributed by atoms with van der Waals surface area (Å²) in [6.07, 6.45) is 4.17. The van der Waals surface area contributed by atoms with E-state index in [0.717, 1.165) is 30.9 Å². The predicted octanol–water partition coefficient (Wildman–Crippen LogP) is 2.41. The van der Waals surface area contributed by atoms with E-state index in [2.05, 4.69) is 21.6 Å². The van der Waals surface area contributed by atoms with Crippen LogP contribution in [0.5, 0.6) is 0 Å². The van der Waals surface area contributed by atoms with E-state index in [9.17, 15) is 9.59 Å².